The number of likely N-dealkylation sites (tertiary alicyclic amines) is 1. The molecule has 2 heteroatoms. The lowest BCUT2D eigenvalue weighted by Gasteiger charge is -2.14. The van der Waals surface area contributed by atoms with E-state index in [0.29, 0.717) is 0 Å². The summed E-state index contributed by atoms with van der Waals surface area (Å²) in [6, 6.07) is 0. The van der Waals surface area contributed by atoms with E-state index in [1.54, 1.807) is 0 Å². The van der Waals surface area contributed by atoms with Crippen molar-refractivity contribution in [2.45, 2.75) is 6.42 Å². The first-order valence-corrected chi connectivity index (χ1v) is 4.76. The standard InChI is InChI=1S/C10H16N2/c1-2-3-4-12-7-9-5-11-6-10(9)8-12/h1,9-11H,3-8H2/t9-,10+. The lowest BCUT2D eigenvalue weighted by atomic mass is 10.0. The first-order valence-electron chi connectivity index (χ1n) is 4.76. The second-order valence-corrected chi connectivity index (χ2v) is 3.89. The van der Waals surface area contributed by atoms with Crippen molar-refractivity contribution in [2.75, 3.05) is 32.7 Å². The van der Waals surface area contributed by atoms with Crippen LogP contribution in [0, 0.1) is 24.2 Å². The molecule has 0 saturated carbocycles. The average molecular weight is 164 g/mol. The summed E-state index contributed by atoms with van der Waals surface area (Å²) >= 11 is 0. The molecule has 1 N–H and O–H groups in total. The number of hydrogen-bond acceptors (Lipinski definition) is 2. The molecule has 0 aromatic carbocycles. The Labute approximate surface area is 74.3 Å². The Bertz CT molecular complexity index is 183. The third-order valence-corrected chi connectivity index (χ3v) is 3.04. The van der Waals surface area contributed by atoms with Crippen LogP contribution in [-0.2, 0) is 0 Å². The Kier molecular flexibility index (Phi) is 2.34. The number of nitrogens with one attached hydrogen (secondary N) is 1. The van der Waals surface area contributed by atoms with Crippen LogP contribution in [0.25, 0.3) is 0 Å². The summed E-state index contributed by atoms with van der Waals surface area (Å²) in [4.78, 5) is 2.51. The van der Waals surface area contributed by atoms with Gasteiger partial charge in [-0.25, -0.2) is 0 Å². The van der Waals surface area contributed by atoms with E-state index in [1.807, 2.05) is 0 Å². The van der Waals surface area contributed by atoms with Crippen LogP contribution in [0.15, 0.2) is 0 Å². The van der Waals surface area contributed by atoms with Crippen molar-refractivity contribution < 1.29 is 0 Å². The molecule has 2 aliphatic heterocycles. The van der Waals surface area contributed by atoms with E-state index in [4.69, 9.17) is 6.42 Å². The molecule has 12 heavy (non-hydrogen) atoms. The van der Waals surface area contributed by atoms with E-state index in [1.165, 1.54) is 26.2 Å². The Morgan fingerprint density at radius 1 is 1.33 bits per heavy atom. The van der Waals surface area contributed by atoms with E-state index in [0.717, 1.165) is 24.8 Å². The van der Waals surface area contributed by atoms with Crippen LogP contribution in [0.2, 0.25) is 0 Å². The topological polar surface area (TPSA) is 15.3 Å². The van der Waals surface area contributed by atoms with Gasteiger partial charge in [-0.2, -0.15) is 0 Å². The van der Waals surface area contributed by atoms with Crippen LogP contribution in [0.3, 0.4) is 0 Å². The zero-order valence-electron chi connectivity index (χ0n) is 7.42. The first-order chi connectivity index (χ1) is 5.90. The van der Waals surface area contributed by atoms with E-state index in [2.05, 4.69) is 16.1 Å². The van der Waals surface area contributed by atoms with Gasteiger partial charge < -0.3 is 10.2 Å². The molecule has 0 amide bonds. The van der Waals surface area contributed by atoms with Crippen molar-refractivity contribution in [1.29, 1.82) is 0 Å². The number of nitrogens with zero attached hydrogens (tertiary/aromatic N) is 1. The van der Waals surface area contributed by atoms with Gasteiger partial charge in [0.1, 0.15) is 0 Å². The van der Waals surface area contributed by atoms with Crippen molar-refractivity contribution in [3.05, 3.63) is 0 Å². The molecule has 2 heterocycles. The Morgan fingerprint density at radius 2 is 2.00 bits per heavy atom. The van der Waals surface area contributed by atoms with Crippen molar-refractivity contribution in [2.24, 2.45) is 11.8 Å². The molecule has 0 aromatic heterocycles. The molecule has 2 rings (SSSR count). The molecule has 2 fully saturated rings. The van der Waals surface area contributed by atoms with E-state index in [9.17, 15) is 0 Å². The summed E-state index contributed by atoms with van der Waals surface area (Å²) < 4.78 is 0. The van der Waals surface area contributed by atoms with Gasteiger partial charge >= 0.3 is 0 Å². The van der Waals surface area contributed by atoms with Crippen LogP contribution < -0.4 is 5.32 Å². The zero-order valence-corrected chi connectivity index (χ0v) is 7.42. The van der Waals surface area contributed by atoms with Gasteiger partial charge in [0, 0.05) is 26.1 Å². The minimum Gasteiger partial charge on any atom is -0.316 e. The van der Waals surface area contributed by atoms with Crippen LogP contribution in [0.1, 0.15) is 6.42 Å². The summed E-state index contributed by atoms with van der Waals surface area (Å²) in [6.07, 6.45) is 6.14. The third-order valence-electron chi connectivity index (χ3n) is 3.04. The molecule has 0 aromatic rings. The van der Waals surface area contributed by atoms with Crippen molar-refractivity contribution in [1.82, 2.24) is 10.2 Å². The van der Waals surface area contributed by atoms with Crippen LogP contribution in [-0.4, -0.2) is 37.6 Å². The smallest absolute Gasteiger partial charge is 0.0214 e. The minimum atomic E-state index is 0.905. The monoisotopic (exact) mass is 164 g/mol. The lowest BCUT2D eigenvalue weighted by Crippen LogP contribution is -2.26. The number of terminal acetylenes is 1. The van der Waals surface area contributed by atoms with Gasteiger partial charge in [-0.05, 0) is 24.9 Å². The van der Waals surface area contributed by atoms with Gasteiger partial charge in [-0.1, -0.05) is 0 Å². The highest BCUT2D eigenvalue weighted by molar-refractivity contribution is 4.93. The SMILES string of the molecule is C#CCCN1C[C@H]2CNC[C@H]2C1. The molecular weight excluding hydrogens is 148 g/mol. The Balaban J connectivity index is 1.80. The fourth-order valence-corrected chi connectivity index (χ4v) is 2.36. The highest BCUT2D eigenvalue weighted by Gasteiger charge is 2.35. The third kappa shape index (κ3) is 1.48. The summed E-state index contributed by atoms with van der Waals surface area (Å²) in [5.74, 6) is 4.51. The lowest BCUT2D eigenvalue weighted by molar-refractivity contribution is 0.321. The van der Waals surface area contributed by atoms with E-state index in [-0.39, 0.29) is 0 Å². The Morgan fingerprint density at radius 3 is 2.58 bits per heavy atom. The summed E-state index contributed by atoms with van der Waals surface area (Å²) in [6.45, 7) is 6.07. The van der Waals surface area contributed by atoms with Crippen molar-refractivity contribution in [3.63, 3.8) is 0 Å². The van der Waals surface area contributed by atoms with E-state index >= 15 is 0 Å². The highest BCUT2D eigenvalue weighted by Crippen LogP contribution is 2.25. The molecule has 0 aliphatic carbocycles. The second-order valence-electron chi connectivity index (χ2n) is 3.89. The Hall–Kier alpha value is -0.520. The van der Waals surface area contributed by atoms with Gasteiger partial charge in [0.05, 0.1) is 0 Å². The quantitative estimate of drug-likeness (QED) is 0.585. The van der Waals surface area contributed by atoms with Crippen molar-refractivity contribution >= 4 is 0 Å². The normalized spacial score (nSPS) is 34.9. The van der Waals surface area contributed by atoms with Crippen LogP contribution >= 0.6 is 0 Å². The maximum Gasteiger partial charge on any atom is 0.0214 e. The predicted molar refractivity (Wildman–Crippen MR) is 49.7 cm³/mol. The number of fused-ring (bicyclic) bond motifs is 1. The van der Waals surface area contributed by atoms with Gasteiger partial charge in [-0.3, -0.25) is 0 Å². The number of hydrogen-bond donors (Lipinski definition) is 1. The van der Waals surface area contributed by atoms with Crippen molar-refractivity contribution in [3.8, 4) is 12.3 Å². The van der Waals surface area contributed by atoms with Crippen LogP contribution in [0.5, 0.6) is 0 Å². The predicted octanol–water partition coefficient (Wildman–Crippen LogP) is 0.161. The fourth-order valence-electron chi connectivity index (χ4n) is 2.36. The van der Waals surface area contributed by atoms with Gasteiger partial charge in [0.25, 0.3) is 0 Å². The second kappa shape index (κ2) is 3.47. The molecule has 2 aliphatic rings. The number of rotatable bonds is 2. The maximum absolute atomic E-state index is 5.23. The summed E-state index contributed by atoms with van der Waals surface area (Å²) in [7, 11) is 0. The molecule has 2 atom stereocenters. The van der Waals surface area contributed by atoms with Crippen LogP contribution in [0.4, 0.5) is 0 Å². The molecule has 66 valence electrons. The van der Waals surface area contributed by atoms with Gasteiger partial charge in [-0.15, -0.1) is 12.3 Å². The van der Waals surface area contributed by atoms with Gasteiger partial charge in [0.15, 0.2) is 0 Å². The molecular formula is C10H16N2. The molecule has 0 bridgehead atoms. The average Bonchev–Trinajstić information content (AvgIpc) is 2.58. The molecule has 2 saturated heterocycles. The van der Waals surface area contributed by atoms with E-state index < -0.39 is 0 Å². The zero-order chi connectivity index (χ0) is 8.39. The van der Waals surface area contributed by atoms with Gasteiger partial charge in [0.2, 0.25) is 0 Å². The minimum absolute atomic E-state index is 0.905. The molecule has 0 unspecified atom stereocenters. The summed E-state index contributed by atoms with van der Waals surface area (Å²) in [5, 5.41) is 3.43. The highest BCUT2D eigenvalue weighted by atomic mass is 15.2. The molecule has 2 nitrogen and oxygen atoms in total. The largest absolute Gasteiger partial charge is 0.316 e. The molecule has 0 spiro atoms. The molecule has 0 radical (unpaired) electrons. The first kappa shape index (κ1) is 8.10. The summed E-state index contributed by atoms with van der Waals surface area (Å²) in [5.41, 5.74) is 0. The fraction of sp³-hybridized carbons (Fsp3) is 0.800. The maximum atomic E-state index is 5.23.